The van der Waals surface area contributed by atoms with Gasteiger partial charge in [-0.25, -0.2) is 0 Å². The zero-order valence-corrected chi connectivity index (χ0v) is 55.6. The van der Waals surface area contributed by atoms with E-state index in [9.17, 15) is 0 Å². The Kier molecular flexibility index (Phi) is 14.0. The highest BCUT2D eigenvalue weighted by atomic mass is 16.3. The lowest BCUT2D eigenvalue weighted by molar-refractivity contribution is 0.590. The Balaban J connectivity index is 1.14. The highest BCUT2D eigenvalue weighted by Crippen LogP contribution is 2.65. The van der Waals surface area contributed by atoms with E-state index >= 15 is 0 Å². The molecule has 4 nitrogen and oxygen atoms in total. The molecule has 1 aliphatic rings. The summed E-state index contributed by atoms with van der Waals surface area (Å²) >= 11 is 0. The maximum atomic E-state index is 7.75. The largest absolute Gasteiger partial charge is 0.455 e. The minimum Gasteiger partial charge on any atom is -0.455 e. The summed E-state index contributed by atoms with van der Waals surface area (Å²) in [6.45, 7) is 27.6. The van der Waals surface area contributed by atoms with Crippen molar-refractivity contribution in [1.29, 1.82) is 0 Å². The molecular weight excluding hydrogens is 1130 g/mol. The van der Waals surface area contributed by atoms with Crippen LogP contribution in [0.4, 0.5) is 34.1 Å². The van der Waals surface area contributed by atoms with Crippen molar-refractivity contribution in [1.82, 2.24) is 0 Å². The minimum atomic E-state index is -0.962. The molecule has 15 rings (SSSR count). The Hall–Kier alpha value is -10.2. The van der Waals surface area contributed by atoms with Gasteiger partial charge >= 0.3 is 0 Å². The van der Waals surface area contributed by atoms with Gasteiger partial charge in [-0.3, -0.25) is 0 Å². The average Bonchev–Trinajstić information content (AvgIpc) is 1.51. The Morgan fingerprint density at radius 3 is 1.09 bits per heavy atom. The van der Waals surface area contributed by atoms with Crippen molar-refractivity contribution in [2.24, 2.45) is 0 Å². The fourth-order valence-corrected chi connectivity index (χ4v) is 14.6. The molecule has 0 saturated heterocycles. The van der Waals surface area contributed by atoms with Crippen LogP contribution in [0, 0.1) is 0 Å². The molecule has 0 N–H and O–H groups in total. The first kappa shape index (κ1) is 59.2. The molecule has 2 aromatic heterocycles. The molecule has 1 aliphatic carbocycles. The molecular formula is C89H80N2O2. The number of hydrogen-bond donors (Lipinski definition) is 0. The average molecular weight is 1210 g/mol. The molecule has 2 heterocycles. The number of furan rings is 2. The van der Waals surface area contributed by atoms with Gasteiger partial charge in [0.2, 0.25) is 0 Å². The number of nitrogens with zero attached hydrogens (tertiary/aromatic N) is 2. The van der Waals surface area contributed by atoms with Gasteiger partial charge < -0.3 is 18.6 Å². The number of rotatable bonds is 10. The minimum absolute atomic E-state index is 0.0723. The highest BCUT2D eigenvalue weighted by molar-refractivity contribution is 6.26. The third kappa shape index (κ3) is 9.88. The van der Waals surface area contributed by atoms with Crippen LogP contribution in [0.25, 0.3) is 77.3 Å². The summed E-state index contributed by atoms with van der Waals surface area (Å²) in [5, 5.41) is 4.13. The lowest BCUT2D eigenvalue weighted by Gasteiger charge is -2.36. The first-order valence-electron chi connectivity index (χ1n) is 33.0. The zero-order valence-electron chi connectivity index (χ0n) is 55.6. The molecule has 0 atom stereocenters. The summed E-state index contributed by atoms with van der Waals surface area (Å²) in [5.41, 5.74) is 24.2. The molecule has 0 radical (unpaired) electrons. The first-order chi connectivity index (χ1) is 44.7. The standard InChI is InChI=1S/C89H80N2O2/c1-85(2,3)59-41-47-65(48-42-59)90(73-51-45-63(87(7,8)9)53-69(73)57-29-17-13-18-30-57)75-55-72-82(84-79(75)67-37-25-27-39-77(67)93-84)81-71(89(72,61-33-21-15-22-34-61)62-35-23-16-24-36-62)56-76(83-80(81)68-38-26-28-40-78(68)92-83)91(66-49-43-60(44-50-66)86(4,5)6)74-52-46-64(88(10,11)12)54-70(74)58-31-19-14-20-32-58/h13-56H,1-12H3. The molecule has 93 heavy (non-hydrogen) atoms. The predicted molar refractivity (Wildman–Crippen MR) is 393 cm³/mol. The van der Waals surface area contributed by atoms with E-state index in [0.717, 1.165) is 134 Å². The number of benzene rings is 12. The van der Waals surface area contributed by atoms with Gasteiger partial charge in [-0.1, -0.05) is 277 Å². The lowest BCUT2D eigenvalue weighted by atomic mass is 9.67. The van der Waals surface area contributed by atoms with Gasteiger partial charge in [0.1, 0.15) is 16.7 Å². The monoisotopic (exact) mass is 1210 g/mol. The second-order valence-corrected chi connectivity index (χ2v) is 29.7. The molecule has 0 spiro atoms. The van der Waals surface area contributed by atoms with Gasteiger partial charge in [0.25, 0.3) is 0 Å². The molecule has 14 aromatic rings. The smallest absolute Gasteiger partial charge is 0.160 e. The van der Waals surface area contributed by atoms with Crippen LogP contribution in [0.15, 0.2) is 276 Å². The van der Waals surface area contributed by atoms with Crippen LogP contribution < -0.4 is 9.80 Å². The first-order valence-corrected chi connectivity index (χ1v) is 33.0. The van der Waals surface area contributed by atoms with Crippen molar-refractivity contribution in [3.05, 3.63) is 311 Å². The molecule has 0 aliphatic heterocycles. The number of fused-ring (bicyclic) bond motifs is 11. The maximum absolute atomic E-state index is 7.75. The van der Waals surface area contributed by atoms with Crippen molar-refractivity contribution in [3.63, 3.8) is 0 Å². The van der Waals surface area contributed by atoms with Crippen molar-refractivity contribution in [2.75, 3.05) is 9.80 Å². The SMILES string of the molecule is CC(C)(C)c1ccc(N(c2ccc(C(C)(C)C)cc2-c2ccccc2)c2cc3c(c4c2oc2ccccc24)-c2c(cc(N(c4ccc(C(C)(C)C)cc4)c4ccc(C(C)(C)C)cc4-c4ccccc4)c4c2oc2ccccc24)C3(c2ccccc2)c2ccccc2)cc1. The van der Waals surface area contributed by atoms with E-state index in [1.807, 2.05) is 0 Å². The molecule has 0 saturated carbocycles. The van der Waals surface area contributed by atoms with Crippen LogP contribution in [-0.4, -0.2) is 0 Å². The van der Waals surface area contributed by atoms with E-state index in [0.29, 0.717) is 0 Å². The van der Waals surface area contributed by atoms with Gasteiger partial charge in [0, 0.05) is 49.8 Å². The number of anilines is 6. The second-order valence-electron chi connectivity index (χ2n) is 29.7. The van der Waals surface area contributed by atoms with E-state index in [1.54, 1.807) is 0 Å². The van der Waals surface area contributed by atoms with E-state index < -0.39 is 5.41 Å². The maximum Gasteiger partial charge on any atom is 0.160 e. The van der Waals surface area contributed by atoms with Crippen LogP contribution >= 0.6 is 0 Å². The molecule has 12 aromatic carbocycles. The summed E-state index contributed by atoms with van der Waals surface area (Å²) in [5.74, 6) is 0. The van der Waals surface area contributed by atoms with E-state index in [-0.39, 0.29) is 21.7 Å². The molecule has 458 valence electrons. The molecule has 0 fully saturated rings. The van der Waals surface area contributed by atoms with Crippen LogP contribution in [0.3, 0.4) is 0 Å². The predicted octanol–water partition coefficient (Wildman–Crippen LogP) is 25.3. The van der Waals surface area contributed by atoms with Gasteiger partial charge in [-0.05, 0) is 150 Å². The van der Waals surface area contributed by atoms with Crippen LogP contribution in [-0.2, 0) is 27.1 Å². The van der Waals surface area contributed by atoms with Crippen molar-refractivity contribution < 1.29 is 8.83 Å². The van der Waals surface area contributed by atoms with E-state index in [4.69, 9.17) is 8.83 Å². The molecule has 4 heteroatoms. The fraction of sp³-hybridized carbons (Fsp3) is 0.191. The summed E-state index contributed by atoms with van der Waals surface area (Å²) in [6, 6.07) is 99.5. The van der Waals surface area contributed by atoms with Crippen LogP contribution in [0.2, 0.25) is 0 Å². The molecule has 0 amide bonds. The van der Waals surface area contributed by atoms with Crippen molar-refractivity contribution in [3.8, 4) is 33.4 Å². The van der Waals surface area contributed by atoms with Gasteiger partial charge in [-0.15, -0.1) is 0 Å². The summed E-state index contributed by atoms with van der Waals surface area (Å²) in [7, 11) is 0. The number of para-hydroxylation sites is 2. The molecule has 0 unspecified atom stereocenters. The third-order valence-corrected chi connectivity index (χ3v) is 19.6. The van der Waals surface area contributed by atoms with Gasteiger partial charge in [0.15, 0.2) is 5.58 Å². The second kappa shape index (κ2) is 22.0. The topological polar surface area (TPSA) is 32.8 Å². The normalized spacial score (nSPS) is 13.2. The summed E-state index contributed by atoms with van der Waals surface area (Å²) in [6.07, 6.45) is 0. The third-order valence-electron chi connectivity index (χ3n) is 19.6. The summed E-state index contributed by atoms with van der Waals surface area (Å²) < 4.78 is 15.4. The Morgan fingerprint density at radius 1 is 0.290 bits per heavy atom. The van der Waals surface area contributed by atoms with Gasteiger partial charge in [-0.2, -0.15) is 0 Å². The summed E-state index contributed by atoms with van der Waals surface area (Å²) in [4.78, 5) is 5.03. The van der Waals surface area contributed by atoms with Gasteiger partial charge in [0.05, 0.1) is 33.6 Å². The van der Waals surface area contributed by atoms with Crippen LogP contribution in [0.5, 0.6) is 0 Å². The van der Waals surface area contributed by atoms with Crippen molar-refractivity contribution >= 4 is 78.0 Å². The Morgan fingerprint density at radius 2 is 0.645 bits per heavy atom. The number of hydrogen-bond acceptors (Lipinski definition) is 4. The van der Waals surface area contributed by atoms with Crippen molar-refractivity contribution in [2.45, 2.75) is 110 Å². The quantitative estimate of drug-likeness (QED) is 0.137. The van der Waals surface area contributed by atoms with E-state index in [2.05, 4.69) is 360 Å². The fourth-order valence-electron chi connectivity index (χ4n) is 14.6. The van der Waals surface area contributed by atoms with E-state index in [1.165, 1.54) is 22.3 Å². The molecule has 0 bridgehead atoms. The Bertz CT molecular complexity index is 5100. The zero-order chi connectivity index (χ0) is 64.3. The Labute approximate surface area is 548 Å². The lowest BCUT2D eigenvalue weighted by Crippen LogP contribution is -2.29. The van der Waals surface area contributed by atoms with Crippen LogP contribution in [0.1, 0.15) is 128 Å². The highest BCUT2D eigenvalue weighted by Gasteiger charge is 2.51.